The first-order chi connectivity index (χ1) is 13.3. The lowest BCUT2D eigenvalue weighted by atomic mass is 10.1. The summed E-state index contributed by atoms with van der Waals surface area (Å²) in [6.45, 7) is 6.37. The number of halogens is 1. The SMILES string of the molecule is Cc1c(C(=O)NCC2COC(C)(C)O2)cnc2c(-c3cccc(Cl)c3)cnn12. The summed E-state index contributed by atoms with van der Waals surface area (Å²) in [5, 5.41) is 7.94. The molecule has 0 saturated carbocycles. The predicted molar refractivity (Wildman–Crippen MR) is 105 cm³/mol. The number of carbonyl (C=O) groups excluding carboxylic acids is 1. The highest BCUT2D eigenvalue weighted by Crippen LogP contribution is 2.27. The third-order valence-electron chi connectivity index (χ3n) is 4.71. The van der Waals surface area contributed by atoms with Gasteiger partial charge in [0.1, 0.15) is 6.10 Å². The molecule has 0 aliphatic carbocycles. The summed E-state index contributed by atoms with van der Waals surface area (Å²) in [6, 6.07) is 7.51. The van der Waals surface area contributed by atoms with Crippen LogP contribution in [-0.2, 0) is 9.47 Å². The van der Waals surface area contributed by atoms with Crippen LogP contribution < -0.4 is 5.32 Å². The molecule has 1 aliphatic heterocycles. The van der Waals surface area contributed by atoms with Gasteiger partial charge in [0.15, 0.2) is 11.4 Å². The van der Waals surface area contributed by atoms with E-state index in [-0.39, 0.29) is 12.0 Å². The minimum absolute atomic E-state index is 0.171. The summed E-state index contributed by atoms with van der Waals surface area (Å²) in [6.07, 6.45) is 3.13. The molecule has 4 rings (SSSR count). The molecule has 1 aliphatic rings. The fraction of sp³-hybridized carbons (Fsp3) is 0.350. The number of aryl methyl sites for hydroxylation is 1. The lowest BCUT2D eigenvalue weighted by molar-refractivity contribution is -0.137. The van der Waals surface area contributed by atoms with Crippen LogP contribution in [0.3, 0.4) is 0 Å². The first kappa shape index (κ1) is 18.9. The Bertz CT molecular complexity index is 1050. The predicted octanol–water partition coefficient (Wildman–Crippen LogP) is 3.24. The third kappa shape index (κ3) is 3.61. The minimum atomic E-state index is -0.614. The number of nitrogens with zero attached hydrogens (tertiary/aromatic N) is 3. The highest BCUT2D eigenvalue weighted by Gasteiger charge is 2.32. The average molecular weight is 401 g/mol. The largest absolute Gasteiger partial charge is 0.349 e. The Morgan fingerprint density at radius 3 is 2.93 bits per heavy atom. The fourth-order valence-electron chi connectivity index (χ4n) is 3.29. The first-order valence-corrected chi connectivity index (χ1v) is 9.41. The second-order valence-corrected chi connectivity index (χ2v) is 7.66. The Balaban J connectivity index is 1.56. The van der Waals surface area contributed by atoms with E-state index in [9.17, 15) is 4.79 Å². The molecule has 146 valence electrons. The molecular formula is C20H21ClN4O3. The van der Waals surface area contributed by atoms with Gasteiger partial charge in [-0.1, -0.05) is 23.7 Å². The molecule has 7 nitrogen and oxygen atoms in total. The van der Waals surface area contributed by atoms with E-state index in [0.29, 0.717) is 35.1 Å². The van der Waals surface area contributed by atoms with E-state index in [4.69, 9.17) is 21.1 Å². The van der Waals surface area contributed by atoms with Gasteiger partial charge in [0.25, 0.3) is 5.91 Å². The highest BCUT2D eigenvalue weighted by molar-refractivity contribution is 6.30. The Hall–Kier alpha value is -2.48. The molecule has 28 heavy (non-hydrogen) atoms. The molecule has 3 aromatic rings. The molecule has 0 radical (unpaired) electrons. The van der Waals surface area contributed by atoms with Crippen LogP contribution in [-0.4, -0.2) is 45.5 Å². The Morgan fingerprint density at radius 1 is 1.39 bits per heavy atom. The van der Waals surface area contributed by atoms with E-state index < -0.39 is 5.79 Å². The Labute approximate surface area is 167 Å². The molecule has 0 spiro atoms. The molecule has 8 heteroatoms. The number of fused-ring (bicyclic) bond motifs is 1. The normalized spacial score (nSPS) is 18.5. The van der Waals surface area contributed by atoms with Crippen molar-refractivity contribution in [1.82, 2.24) is 19.9 Å². The van der Waals surface area contributed by atoms with Gasteiger partial charge in [-0.25, -0.2) is 9.50 Å². The van der Waals surface area contributed by atoms with E-state index in [2.05, 4.69) is 15.4 Å². The number of aromatic nitrogens is 3. The number of hydrogen-bond donors (Lipinski definition) is 1. The van der Waals surface area contributed by atoms with Crippen LogP contribution in [0.1, 0.15) is 29.9 Å². The molecule has 0 bridgehead atoms. The molecule has 1 aromatic carbocycles. The molecule has 1 amide bonds. The summed E-state index contributed by atoms with van der Waals surface area (Å²) < 4.78 is 12.9. The van der Waals surface area contributed by atoms with Gasteiger partial charge >= 0.3 is 0 Å². The highest BCUT2D eigenvalue weighted by atomic mass is 35.5. The number of hydrogen-bond acceptors (Lipinski definition) is 5. The van der Waals surface area contributed by atoms with Crippen molar-refractivity contribution >= 4 is 23.2 Å². The number of amides is 1. The Kier molecular flexibility index (Phi) is 4.82. The van der Waals surface area contributed by atoms with Crippen LogP contribution >= 0.6 is 11.6 Å². The number of ether oxygens (including phenoxy) is 2. The zero-order valence-electron chi connectivity index (χ0n) is 15.9. The molecule has 3 heterocycles. The molecule has 2 aromatic heterocycles. The van der Waals surface area contributed by atoms with Crippen LogP contribution in [0.4, 0.5) is 0 Å². The van der Waals surface area contributed by atoms with Gasteiger partial charge in [0, 0.05) is 23.3 Å². The number of nitrogens with one attached hydrogen (secondary N) is 1. The van der Waals surface area contributed by atoms with Gasteiger partial charge < -0.3 is 14.8 Å². The number of benzene rings is 1. The summed E-state index contributed by atoms with van der Waals surface area (Å²) in [4.78, 5) is 17.1. The van der Waals surface area contributed by atoms with Crippen LogP contribution in [0.2, 0.25) is 5.02 Å². The van der Waals surface area contributed by atoms with Crippen LogP contribution in [0.15, 0.2) is 36.7 Å². The van der Waals surface area contributed by atoms with Gasteiger partial charge in [-0.05, 0) is 38.5 Å². The van der Waals surface area contributed by atoms with E-state index in [0.717, 1.165) is 11.1 Å². The summed E-state index contributed by atoms with van der Waals surface area (Å²) in [5.41, 5.74) is 3.63. The van der Waals surface area contributed by atoms with E-state index >= 15 is 0 Å². The molecule has 1 atom stereocenters. The Morgan fingerprint density at radius 2 is 2.21 bits per heavy atom. The second kappa shape index (κ2) is 7.16. The summed E-state index contributed by atoms with van der Waals surface area (Å²) in [5.74, 6) is -0.836. The average Bonchev–Trinajstić information content (AvgIpc) is 3.23. The summed E-state index contributed by atoms with van der Waals surface area (Å²) >= 11 is 6.10. The van der Waals surface area contributed by atoms with E-state index in [1.807, 2.05) is 45.0 Å². The van der Waals surface area contributed by atoms with Crippen LogP contribution in [0.25, 0.3) is 16.8 Å². The summed E-state index contributed by atoms with van der Waals surface area (Å²) in [7, 11) is 0. The van der Waals surface area contributed by atoms with Crippen molar-refractivity contribution in [2.45, 2.75) is 32.7 Å². The van der Waals surface area contributed by atoms with Gasteiger partial charge in [0.05, 0.1) is 24.1 Å². The lowest BCUT2D eigenvalue weighted by Crippen LogP contribution is -2.35. The van der Waals surface area contributed by atoms with Crippen molar-refractivity contribution < 1.29 is 14.3 Å². The third-order valence-corrected chi connectivity index (χ3v) is 4.94. The smallest absolute Gasteiger partial charge is 0.254 e. The second-order valence-electron chi connectivity index (χ2n) is 7.22. The maximum absolute atomic E-state index is 12.6. The van der Waals surface area contributed by atoms with E-state index in [1.165, 1.54) is 0 Å². The first-order valence-electron chi connectivity index (χ1n) is 9.03. The zero-order chi connectivity index (χ0) is 19.9. The molecule has 1 fully saturated rings. The molecule has 1 unspecified atom stereocenters. The fourth-order valence-corrected chi connectivity index (χ4v) is 3.48. The molecule has 1 saturated heterocycles. The standard InChI is InChI=1S/C20H21ClN4O3/c1-12-16(19(26)23-8-15-11-27-20(2,3)28-15)9-22-18-17(10-24-25(12)18)13-5-4-6-14(21)7-13/h4-7,9-10,15H,8,11H2,1-3H3,(H,23,26). The van der Waals surface area contributed by atoms with Crippen molar-refractivity contribution in [2.75, 3.05) is 13.2 Å². The maximum atomic E-state index is 12.6. The van der Waals surface area contributed by atoms with Crippen LogP contribution in [0, 0.1) is 6.92 Å². The topological polar surface area (TPSA) is 77.8 Å². The van der Waals surface area contributed by atoms with Crippen molar-refractivity contribution in [2.24, 2.45) is 0 Å². The van der Waals surface area contributed by atoms with Gasteiger partial charge in [-0.15, -0.1) is 0 Å². The van der Waals surface area contributed by atoms with E-state index in [1.54, 1.807) is 16.9 Å². The van der Waals surface area contributed by atoms with Gasteiger partial charge in [0.2, 0.25) is 0 Å². The van der Waals surface area contributed by atoms with Gasteiger partial charge in [-0.3, -0.25) is 4.79 Å². The van der Waals surface area contributed by atoms with Crippen molar-refractivity contribution in [3.8, 4) is 11.1 Å². The monoisotopic (exact) mass is 400 g/mol. The van der Waals surface area contributed by atoms with Crippen LogP contribution in [0.5, 0.6) is 0 Å². The van der Waals surface area contributed by atoms with Crippen molar-refractivity contribution in [1.29, 1.82) is 0 Å². The number of rotatable bonds is 4. The van der Waals surface area contributed by atoms with Crippen molar-refractivity contribution in [3.05, 3.63) is 52.9 Å². The van der Waals surface area contributed by atoms with Gasteiger partial charge in [-0.2, -0.15) is 5.10 Å². The van der Waals surface area contributed by atoms with Crippen molar-refractivity contribution in [3.63, 3.8) is 0 Å². The lowest BCUT2D eigenvalue weighted by Gasteiger charge is -2.17. The minimum Gasteiger partial charge on any atom is -0.349 e. The quantitative estimate of drug-likeness (QED) is 0.727. The number of carbonyl (C=O) groups is 1. The molecular weight excluding hydrogens is 380 g/mol. The zero-order valence-corrected chi connectivity index (χ0v) is 16.7. The maximum Gasteiger partial charge on any atom is 0.254 e. The molecule has 1 N–H and O–H groups in total.